The van der Waals surface area contributed by atoms with Gasteiger partial charge in [-0.2, -0.15) is 0 Å². The van der Waals surface area contributed by atoms with Crippen LogP contribution in [-0.2, 0) is 14.3 Å². The van der Waals surface area contributed by atoms with Gasteiger partial charge in [0.05, 0.1) is 13.7 Å². The SMILES string of the molecule is C=C\C(=C/C=C(C)/C=C(\C(=O)c1ccc(OCCCN(CC)CC)cc1)c1cc(Cl)ccc1O)OCC(=O)OC. The number of hydrogen-bond acceptors (Lipinski definition) is 7. The van der Waals surface area contributed by atoms with Crippen LogP contribution in [0.15, 0.2) is 84.7 Å². The van der Waals surface area contributed by atoms with Crippen LogP contribution in [0.4, 0.5) is 0 Å². The van der Waals surface area contributed by atoms with E-state index in [1.807, 2.05) is 0 Å². The summed E-state index contributed by atoms with van der Waals surface area (Å²) in [5, 5.41) is 11.0. The van der Waals surface area contributed by atoms with E-state index in [9.17, 15) is 14.7 Å². The van der Waals surface area contributed by atoms with E-state index in [-0.39, 0.29) is 23.7 Å². The summed E-state index contributed by atoms with van der Waals surface area (Å²) in [5.74, 6) is 0.136. The van der Waals surface area contributed by atoms with Crippen LogP contribution in [0.25, 0.3) is 5.57 Å². The Morgan fingerprint density at radius 2 is 1.77 bits per heavy atom. The number of ketones is 1. The lowest BCUT2D eigenvalue weighted by atomic mass is 9.94. The summed E-state index contributed by atoms with van der Waals surface area (Å²) in [7, 11) is 1.27. The number of phenols is 1. The van der Waals surface area contributed by atoms with Crippen molar-refractivity contribution in [3.05, 3.63) is 101 Å². The maximum atomic E-state index is 13.7. The average molecular weight is 568 g/mol. The maximum absolute atomic E-state index is 13.7. The van der Waals surface area contributed by atoms with Gasteiger partial charge in [-0.3, -0.25) is 4.79 Å². The van der Waals surface area contributed by atoms with E-state index in [0.29, 0.717) is 39.8 Å². The van der Waals surface area contributed by atoms with Crippen molar-refractivity contribution in [2.45, 2.75) is 27.2 Å². The fourth-order valence-corrected chi connectivity index (χ4v) is 3.90. The van der Waals surface area contributed by atoms with E-state index in [2.05, 4.69) is 30.1 Å². The molecule has 0 spiro atoms. The largest absolute Gasteiger partial charge is 0.507 e. The minimum atomic E-state index is -0.520. The summed E-state index contributed by atoms with van der Waals surface area (Å²) < 4.78 is 15.8. The molecule has 0 radical (unpaired) electrons. The predicted octanol–water partition coefficient (Wildman–Crippen LogP) is 6.63. The van der Waals surface area contributed by atoms with Crippen LogP contribution in [0, 0.1) is 0 Å². The number of phenolic OH excluding ortho intramolecular Hbond substituents is 1. The Labute approximate surface area is 242 Å². The summed E-state index contributed by atoms with van der Waals surface area (Å²) in [5.41, 5.74) is 1.66. The topological polar surface area (TPSA) is 85.3 Å². The van der Waals surface area contributed by atoms with E-state index < -0.39 is 5.97 Å². The molecule has 0 bridgehead atoms. The number of halogens is 1. The fraction of sp³-hybridized carbons (Fsp3) is 0.312. The number of aromatic hydroxyl groups is 1. The molecule has 0 saturated carbocycles. The molecule has 8 heteroatoms. The number of carbonyl (C=O) groups is 2. The van der Waals surface area contributed by atoms with Crippen molar-refractivity contribution in [3.63, 3.8) is 0 Å². The van der Waals surface area contributed by atoms with Gasteiger partial charge in [-0.05, 0) is 87.1 Å². The fourth-order valence-electron chi connectivity index (χ4n) is 3.73. The van der Waals surface area contributed by atoms with Crippen molar-refractivity contribution in [1.82, 2.24) is 4.90 Å². The molecule has 2 aromatic rings. The Bertz CT molecular complexity index is 1240. The van der Waals surface area contributed by atoms with Crippen LogP contribution in [0.2, 0.25) is 5.02 Å². The zero-order chi connectivity index (χ0) is 29.5. The van der Waals surface area contributed by atoms with Gasteiger partial charge in [-0.15, -0.1) is 0 Å². The minimum Gasteiger partial charge on any atom is -0.507 e. The molecular weight excluding hydrogens is 530 g/mol. The van der Waals surface area contributed by atoms with E-state index in [0.717, 1.165) is 26.1 Å². The van der Waals surface area contributed by atoms with E-state index >= 15 is 0 Å². The Balaban J connectivity index is 2.29. The number of nitrogens with zero attached hydrogens (tertiary/aromatic N) is 1. The van der Waals surface area contributed by atoms with Crippen LogP contribution in [0.3, 0.4) is 0 Å². The Morgan fingerprint density at radius 1 is 1.07 bits per heavy atom. The number of esters is 1. The van der Waals surface area contributed by atoms with Crippen molar-refractivity contribution in [2.24, 2.45) is 0 Å². The third-order valence-electron chi connectivity index (χ3n) is 6.06. The Morgan fingerprint density at radius 3 is 2.40 bits per heavy atom. The molecule has 2 rings (SSSR count). The molecule has 214 valence electrons. The third-order valence-corrected chi connectivity index (χ3v) is 6.29. The maximum Gasteiger partial charge on any atom is 0.343 e. The number of hydrogen-bond donors (Lipinski definition) is 1. The highest BCUT2D eigenvalue weighted by molar-refractivity contribution is 6.33. The number of methoxy groups -OCH3 is 1. The molecule has 0 saturated heterocycles. The summed E-state index contributed by atoms with van der Waals surface area (Å²) in [6.07, 6.45) is 7.35. The van der Waals surface area contributed by atoms with Gasteiger partial charge in [-0.1, -0.05) is 43.7 Å². The van der Waals surface area contributed by atoms with E-state index in [1.165, 1.54) is 19.3 Å². The number of Topliss-reactive ketones (excluding diaryl/α,β-unsaturated/α-hetero) is 1. The van der Waals surface area contributed by atoms with Crippen molar-refractivity contribution in [2.75, 3.05) is 40.0 Å². The summed E-state index contributed by atoms with van der Waals surface area (Å²) >= 11 is 6.20. The van der Waals surface area contributed by atoms with Gasteiger partial charge in [0.25, 0.3) is 0 Å². The molecule has 0 aliphatic rings. The van der Waals surface area contributed by atoms with Gasteiger partial charge >= 0.3 is 5.97 Å². The number of benzene rings is 2. The lowest BCUT2D eigenvalue weighted by molar-refractivity contribution is -0.144. The molecular formula is C32H38ClNO6. The van der Waals surface area contributed by atoms with Crippen molar-refractivity contribution in [3.8, 4) is 11.5 Å². The molecule has 40 heavy (non-hydrogen) atoms. The summed E-state index contributed by atoms with van der Waals surface area (Å²) in [4.78, 5) is 27.4. The molecule has 0 amide bonds. The molecule has 0 aliphatic carbocycles. The summed E-state index contributed by atoms with van der Waals surface area (Å²) in [6, 6.07) is 11.5. The third kappa shape index (κ3) is 10.4. The average Bonchev–Trinajstić information content (AvgIpc) is 2.97. The molecule has 0 aromatic heterocycles. The molecule has 0 atom stereocenters. The number of carbonyl (C=O) groups excluding carboxylic acids is 2. The Kier molecular flexibility index (Phi) is 13.8. The predicted molar refractivity (Wildman–Crippen MR) is 160 cm³/mol. The molecule has 7 nitrogen and oxygen atoms in total. The highest BCUT2D eigenvalue weighted by atomic mass is 35.5. The highest BCUT2D eigenvalue weighted by Gasteiger charge is 2.18. The van der Waals surface area contributed by atoms with Crippen molar-refractivity contribution in [1.29, 1.82) is 0 Å². The lowest BCUT2D eigenvalue weighted by Gasteiger charge is -2.17. The molecule has 0 unspecified atom stereocenters. The first-order valence-electron chi connectivity index (χ1n) is 13.1. The monoisotopic (exact) mass is 567 g/mol. The molecule has 2 aromatic carbocycles. The first kappa shape index (κ1) is 32.4. The van der Waals surface area contributed by atoms with Gasteiger partial charge in [-0.25, -0.2) is 4.79 Å². The van der Waals surface area contributed by atoms with Crippen LogP contribution in [-0.4, -0.2) is 61.7 Å². The minimum absolute atomic E-state index is 0.0753. The second kappa shape index (κ2) is 17.0. The first-order valence-corrected chi connectivity index (χ1v) is 13.5. The van der Waals surface area contributed by atoms with Gasteiger partial charge in [0.15, 0.2) is 12.4 Å². The second-order valence-corrected chi connectivity index (χ2v) is 9.29. The molecule has 0 heterocycles. The number of rotatable bonds is 16. The van der Waals surface area contributed by atoms with Gasteiger partial charge in [0.2, 0.25) is 0 Å². The first-order chi connectivity index (χ1) is 19.2. The van der Waals surface area contributed by atoms with Gasteiger partial charge in [0, 0.05) is 28.3 Å². The Hall–Kier alpha value is -3.81. The lowest BCUT2D eigenvalue weighted by Crippen LogP contribution is -2.25. The van der Waals surface area contributed by atoms with Crippen LogP contribution >= 0.6 is 11.6 Å². The number of allylic oxidation sites excluding steroid dienone is 6. The van der Waals surface area contributed by atoms with Crippen molar-refractivity contribution >= 4 is 28.9 Å². The molecule has 0 fully saturated rings. The van der Waals surface area contributed by atoms with Crippen LogP contribution in [0.1, 0.15) is 43.1 Å². The van der Waals surface area contributed by atoms with Crippen molar-refractivity contribution < 1.29 is 28.9 Å². The van der Waals surface area contributed by atoms with Gasteiger partial charge < -0.3 is 24.2 Å². The second-order valence-electron chi connectivity index (χ2n) is 8.85. The highest BCUT2D eigenvalue weighted by Crippen LogP contribution is 2.32. The standard InChI is InChI=1S/C32H38ClNO6/c1-6-26(40-22-31(36)38-5)14-10-23(4)20-29(28-21-25(33)13-17-30(28)35)32(37)24-11-15-27(16-12-24)39-19-9-18-34(7-2)8-3/h6,10-17,20-21,35H,1,7-9,18-19,22H2,2-5H3/b23-10+,26-14+,29-20-. The van der Waals surface area contributed by atoms with E-state index in [1.54, 1.807) is 61.5 Å². The molecule has 0 aliphatic heterocycles. The van der Waals surface area contributed by atoms with E-state index in [4.69, 9.17) is 21.1 Å². The number of ether oxygens (including phenoxy) is 3. The zero-order valence-electron chi connectivity index (χ0n) is 23.6. The quantitative estimate of drug-likeness (QED) is 0.0608. The smallest absolute Gasteiger partial charge is 0.343 e. The van der Waals surface area contributed by atoms with Crippen LogP contribution in [0.5, 0.6) is 11.5 Å². The zero-order valence-corrected chi connectivity index (χ0v) is 24.4. The summed E-state index contributed by atoms with van der Waals surface area (Å²) in [6.45, 7) is 13.1. The van der Waals surface area contributed by atoms with Crippen LogP contribution < -0.4 is 4.74 Å². The normalized spacial score (nSPS) is 12.3. The molecule has 1 N–H and O–H groups in total. The van der Waals surface area contributed by atoms with Gasteiger partial charge in [0.1, 0.15) is 17.3 Å².